The highest BCUT2D eigenvalue weighted by Gasteiger charge is 2.05. The molecule has 0 fully saturated rings. The number of hydrogen-bond acceptors (Lipinski definition) is 5. The van der Waals surface area contributed by atoms with Crippen LogP contribution in [0, 0.1) is 5.82 Å². The molecule has 5 nitrogen and oxygen atoms in total. The van der Waals surface area contributed by atoms with Gasteiger partial charge in [0.1, 0.15) is 24.1 Å². The first kappa shape index (κ1) is 16.2. The van der Waals surface area contributed by atoms with E-state index in [4.69, 9.17) is 9.47 Å². The van der Waals surface area contributed by atoms with Crippen molar-refractivity contribution in [1.82, 2.24) is 9.97 Å². The Labute approximate surface area is 129 Å². The molecule has 1 aromatic heterocycles. The number of aryl methyl sites for hydroxylation is 1. The van der Waals surface area contributed by atoms with Crippen molar-refractivity contribution >= 4 is 5.82 Å². The first-order chi connectivity index (χ1) is 10.7. The molecule has 0 unspecified atom stereocenters. The number of benzene rings is 1. The molecule has 22 heavy (non-hydrogen) atoms. The third kappa shape index (κ3) is 4.96. The zero-order chi connectivity index (χ0) is 15.8. The van der Waals surface area contributed by atoms with E-state index in [9.17, 15) is 4.39 Å². The molecule has 0 atom stereocenters. The van der Waals surface area contributed by atoms with E-state index < -0.39 is 0 Å². The molecule has 0 spiro atoms. The van der Waals surface area contributed by atoms with Crippen LogP contribution >= 0.6 is 0 Å². The lowest BCUT2D eigenvalue weighted by molar-refractivity contribution is 0.143. The van der Waals surface area contributed by atoms with Crippen molar-refractivity contribution in [2.24, 2.45) is 0 Å². The number of hydrogen-bond donors (Lipinski definition) is 1. The second-order valence-corrected chi connectivity index (χ2v) is 4.68. The molecule has 0 bridgehead atoms. The second-order valence-electron chi connectivity index (χ2n) is 4.68. The van der Waals surface area contributed by atoms with E-state index in [1.54, 1.807) is 25.3 Å². The van der Waals surface area contributed by atoms with Crippen molar-refractivity contribution in [3.05, 3.63) is 47.5 Å². The summed E-state index contributed by atoms with van der Waals surface area (Å²) in [7, 11) is 1.62. The third-order valence-corrected chi connectivity index (χ3v) is 2.99. The maximum atomic E-state index is 12.9. The summed E-state index contributed by atoms with van der Waals surface area (Å²) < 4.78 is 23.4. The van der Waals surface area contributed by atoms with Crippen LogP contribution in [0.25, 0.3) is 0 Å². The minimum absolute atomic E-state index is 0.243. The Morgan fingerprint density at radius 1 is 1.14 bits per heavy atom. The molecule has 0 amide bonds. The average Bonchev–Trinajstić information content (AvgIpc) is 2.54. The number of aromatic nitrogens is 2. The standard InChI is InChI=1S/C16H20FN3O2/c1-3-14-19-15(10-16(20-14)22-9-8-21-2)18-11-12-4-6-13(17)7-5-12/h4-7,10H,3,8-9,11H2,1-2H3,(H,18,19,20). The molecule has 2 rings (SSSR count). The van der Waals surface area contributed by atoms with Gasteiger partial charge in [-0.05, 0) is 17.7 Å². The van der Waals surface area contributed by atoms with Crippen LogP contribution in [-0.4, -0.2) is 30.3 Å². The number of nitrogens with zero attached hydrogens (tertiary/aromatic N) is 2. The van der Waals surface area contributed by atoms with Crippen LogP contribution in [0.15, 0.2) is 30.3 Å². The number of anilines is 1. The molecule has 1 N–H and O–H groups in total. The maximum absolute atomic E-state index is 12.9. The normalized spacial score (nSPS) is 10.5. The first-order valence-electron chi connectivity index (χ1n) is 7.19. The van der Waals surface area contributed by atoms with Gasteiger partial charge >= 0.3 is 0 Å². The van der Waals surface area contributed by atoms with Gasteiger partial charge in [0.2, 0.25) is 5.88 Å². The van der Waals surface area contributed by atoms with Crippen LogP contribution in [0.3, 0.4) is 0 Å². The molecule has 0 saturated heterocycles. The van der Waals surface area contributed by atoms with Gasteiger partial charge in [0.15, 0.2) is 0 Å². The molecule has 0 saturated carbocycles. The van der Waals surface area contributed by atoms with Crippen LogP contribution in [0.2, 0.25) is 0 Å². The lowest BCUT2D eigenvalue weighted by Gasteiger charge is -2.10. The fraction of sp³-hybridized carbons (Fsp3) is 0.375. The van der Waals surface area contributed by atoms with E-state index in [-0.39, 0.29) is 5.82 Å². The van der Waals surface area contributed by atoms with Gasteiger partial charge in [-0.1, -0.05) is 19.1 Å². The highest BCUT2D eigenvalue weighted by atomic mass is 19.1. The molecule has 6 heteroatoms. The Morgan fingerprint density at radius 3 is 2.59 bits per heavy atom. The van der Waals surface area contributed by atoms with E-state index in [1.807, 2.05) is 6.92 Å². The minimum Gasteiger partial charge on any atom is -0.475 e. The number of rotatable bonds is 8. The van der Waals surface area contributed by atoms with Gasteiger partial charge in [-0.2, -0.15) is 4.98 Å². The summed E-state index contributed by atoms with van der Waals surface area (Å²) in [6.07, 6.45) is 0.715. The Morgan fingerprint density at radius 2 is 1.91 bits per heavy atom. The molecule has 0 radical (unpaired) electrons. The largest absolute Gasteiger partial charge is 0.475 e. The highest BCUT2D eigenvalue weighted by Crippen LogP contribution is 2.15. The average molecular weight is 305 g/mol. The van der Waals surface area contributed by atoms with Crippen LogP contribution < -0.4 is 10.1 Å². The maximum Gasteiger partial charge on any atom is 0.218 e. The van der Waals surface area contributed by atoms with Crippen LogP contribution in [0.5, 0.6) is 5.88 Å². The third-order valence-electron chi connectivity index (χ3n) is 2.99. The van der Waals surface area contributed by atoms with E-state index in [0.29, 0.717) is 43.7 Å². The summed E-state index contributed by atoms with van der Waals surface area (Å²) >= 11 is 0. The van der Waals surface area contributed by atoms with Crippen molar-refractivity contribution in [3.63, 3.8) is 0 Å². The van der Waals surface area contributed by atoms with E-state index >= 15 is 0 Å². The fourth-order valence-corrected chi connectivity index (χ4v) is 1.82. The van der Waals surface area contributed by atoms with Gasteiger partial charge in [-0.25, -0.2) is 9.37 Å². The van der Waals surface area contributed by atoms with Gasteiger partial charge in [0, 0.05) is 26.1 Å². The molecule has 1 heterocycles. The highest BCUT2D eigenvalue weighted by molar-refractivity contribution is 5.39. The Bertz CT molecular complexity index is 590. The van der Waals surface area contributed by atoms with Crippen LogP contribution in [-0.2, 0) is 17.7 Å². The lowest BCUT2D eigenvalue weighted by atomic mass is 10.2. The zero-order valence-corrected chi connectivity index (χ0v) is 12.8. The predicted octanol–water partition coefficient (Wildman–Crippen LogP) is 2.82. The van der Waals surface area contributed by atoms with Gasteiger partial charge in [0.05, 0.1) is 6.61 Å². The van der Waals surface area contributed by atoms with E-state index in [1.165, 1.54) is 12.1 Å². The molecular weight excluding hydrogens is 285 g/mol. The molecule has 1 aromatic carbocycles. The van der Waals surface area contributed by atoms with Crippen molar-refractivity contribution in [2.45, 2.75) is 19.9 Å². The molecule has 0 aliphatic rings. The van der Waals surface area contributed by atoms with Crippen molar-refractivity contribution in [3.8, 4) is 5.88 Å². The fourth-order valence-electron chi connectivity index (χ4n) is 1.82. The number of methoxy groups -OCH3 is 1. The summed E-state index contributed by atoms with van der Waals surface area (Å²) in [5.74, 6) is 1.67. The number of ether oxygens (including phenoxy) is 2. The van der Waals surface area contributed by atoms with Crippen molar-refractivity contribution < 1.29 is 13.9 Å². The number of nitrogens with one attached hydrogen (secondary N) is 1. The molecule has 2 aromatic rings. The Kier molecular flexibility index (Phi) is 6.09. The summed E-state index contributed by atoms with van der Waals surface area (Å²) in [4.78, 5) is 8.72. The Hall–Kier alpha value is -2.21. The first-order valence-corrected chi connectivity index (χ1v) is 7.19. The van der Waals surface area contributed by atoms with Gasteiger partial charge in [-0.15, -0.1) is 0 Å². The monoisotopic (exact) mass is 305 g/mol. The van der Waals surface area contributed by atoms with Crippen molar-refractivity contribution in [1.29, 1.82) is 0 Å². The topological polar surface area (TPSA) is 56.3 Å². The molecule has 0 aliphatic heterocycles. The zero-order valence-electron chi connectivity index (χ0n) is 12.8. The summed E-state index contributed by atoms with van der Waals surface area (Å²) in [5.41, 5.74) is 0.972. The molecule has 0 aliphatic carbocycles. The van der Waals surface area contributed by atoms with Crippen LogP contribution in [0.1, 0.15) is 18.3 Å². The SMILES string of the molecule is CCc1nc(NCc2ccc(F)cc2)cc(OCCOC)n1. The lowest BCUT2D eigenvalue weighted by Crippen LogP contribution is -2.09. The van der Waals surface area contributed by atoms with Crippen molar-refractivity contribution in [2.75, 3.05) is 25.6 Å². The number of halogens is 1. The predicted molar refractivity (Wildman–Crippen MR) is 82.5 cm³/mol. The smallest absolute Gasteiger partial charge is 0.218 e. The quantitative estimate of drug-likeness (QED) is 0.760. The molecular formula is C16H20FN3O2. The van der Waals surface area contributed by atoms with Crippen LogP contribution in [0.4, 0.5) is 10.2 Å². The second kappa shape index (κ2) is 8.29. The molecule has 118 valence electrons. The Balaban J connectivity index is 2.02. The van der Waals surface area contributed by atoms with Gasteiger partial charge < -0.3 is 14.8 Å². The van der Waals surface area contributed by atoms with Gasteiger partial charge in [0.25, 0.3) is 0 Å². The van der Waals surface area contributed by atoms with Gasteiger partial charge in [-0.3, -0.25) is 0 Å². The van der Waals surface area contributed by atoms with E-state index in [2.05, 4.69) is 15.3 Å². The van der Waals surface area contributed by atoms with E-state index in [0.717, 1.165) is 5.56 Å². The summed E-state index contributed by atoms with van der Waals surface area (Å²) in [5, 5.41) is 3.20. The minimum atomic E-state index is -0.243. The summed E-state index contributed by atoms with van der Waals surface area (Å²) in [6.45, 7) is 3.48. The summed E-state index contributed by atoms with van der Waals surface area (Å²) in [6, 6.07) is 8.10.